The fourth-order valence-electron chi connectivity index (χ4n) is 3.13. The van der Waals surface area contributed by atoms with Gasteiger partial charge in [-0.3, -0.25) is 14.4 Å². The summed E-state index contributed by atoms with van der Waals surface area (Å²) in [6.45, 7) is 4.27. The predicted octanol–water partition coefficient (Wildman–Crippen LogP) is 1.75. The van der Waals surface area contributed by atoms with Gasteiger partial charge in [0, 0.05) is 24.5 Å². The highest BCUT2D eigenvalue weighted by atomic mass is 16.5. The molecule has 0 spiro atoms. The van der Waals surface area contributed by atoms with Gasteiger partial charge in [0.1, 0.15) is 6.54 Å². The van der Waals surface area contributed by atoms with Gasteiger partial charge in [-0.25, -0.2) is 0 Å². The average Bonchev–Trinajstić information content (AvgIpc) is 2.79. The molecule has 164 valence electrons. The molecule has 31 heavy (non-hydrogen) atoms. The number of ether oxygens (including phenoxy) is 2. The standard InChI is InChI=1S/C23H27N3O5/c1-17(31-22(28)16-24-21(27)15-18-5-3-2-4-6-18)23(29)25-19-7-9-20(10-8-19)26-11-13-30-14-12-26/h2-10,17H,11-16H2,1H3,(H,24,27)(H,25,29). The molecule has 0 bridgehead atoms. The fourth-order valence-corrected chi connectivity index (χ4v) is 3.13. The van der Waals surface area contributed by atoms with E-state index >= 15 is 0 Å². The Labute approximate surface area is 181 Å². The highest BCUT2D eigenvalue weighted by molar-refractivity contribution is 5.95. The van der Waals surface area contributed by atoms with Gasteiger partial charge in [-0.05, 0) is 36.8 Å². The first-order valence-electron chi connectivity index (χ1n) is 10.2. The lowest BCUT2D eigenvalue weighted by Crippen LogP contribution is -2.36. The quantitative estimate of drug-likeness (QED) is 0.626. The lowest BCUT2D eigenvalue weighted by molar-refractivity contribution is -0.152. The van der Waals surface area contributed by atoms with Crippen molar-refractivity contribution >= 4 is 29.2 Å². The van der Waals surface area contributed by atoms with Gasteiger partial charge >= 0.3 is 5.97 Å². The molecule has 8 heteroatoms. The number of nitrogens with one attached hydrogen (secondary N) is 2. The van der Waals surface area contributed by atoms with Crippen LogP contribution in [-0.4, -0.2) is 56.7 Å². The first-order chi connectivity index (χ1) is 15.0. The molecule has 2 amide bonds. The van der Waals surface area contributed by atoms with Crippen LogP contribution in [0.2, 0.25) is 0 Å². The van der Waals surface area contributed by atoms with Crippen molar-refractivity contribution in [1.29, 1.82) is 0 Å². The molecule has 2 aromatic rings. The molecular formula is C23H27N3O5. The Bertz CT molecular complexity index is 880. The van der Waals surface area contributed by atoms with Crippen molar-refractivity contribution in [1.82, 2.24) is 5.32 Å². The Balaban J connectivity index is 1.40. The second kappa shape index (κ2) is 11.1. The normalized spacial score (nSPS) is 14.4. The topological polar surface area (TPSA) is 97.0 Å². The number of esters is 1. The van der Waals surface area contributed by atoms with Crippen LogP contribution in [-0.2, 0) is 30.3 Å². The first kappa shape index (κ1) is 22.3. The van der Waals surface area contributed by atoms with E-state index < -0.39 is 18.0 Å². The molecule has 1 aliphatic heterocycles. The highest BCUT2D eigenvalue weighted by Crippen LogP contribution is 2.19. The van der Waals surface area contributed by atoms with Crippen molar-refractivity contribution < 1.29 is 23.9 Å². The minimum Gasteiger partial charge on any atom is -0.451 e. The third-order valence-electron chi connectivity index (χ3n) is 4.83. The fraction of sp³-hybridized carbons (Fsp3) is 0.348. The summed E-state index contributed by atoms with van der Waals surface area (Å²) in [7, 11) is 0. The molecule has 3 rings (SSSR count). The number of benzene rings is 2. The van der Waals surface area contributed by atoms with Crippen LogP contribution in [0.1, 0.15) is 12.5 Å². The van der Waals surface area contributed by atoms with Crippen LogP contribution < -0.4 is 15.5 Å². The SMILES string of the molecule is CC(OC(=O)CNC(=O)Cc1ccccc1)C(=O)Nc1ccc(N2CCOCC2)cc1. The summed E-state index contributed by atoms with van der Waals surface area (Å²) >= 11 is 0. The first-order valence-corrected chi connectivity index (χ1v) is 10.2. The second-order valence-electron chi connectivity index (χ2n) is 7.21. The van der Waals surface area contributed by atoms with Crippen molar-refractivity contribution in [3.63, 3.8) is 0 Å². The Morgan fingerprint density at radius 2 is 1.71 bits per heavy atom. The number of carbonyl (C=O) groups excluding carboxylic acids is 3. The number of carbonyl (C=O) groups is 3. The van der Waals surface area contributed by atoms with Crippen LogP contribution in [0.3, 0.4) is 0 Å². The molecule has 0 saturated carbocycles. The summed E-state index contributed by atoms with van der Waals surface area (Å²) < 4.78 is 10.5. The van der Waals surface area contributed by atoms with E-state index in [2.05, 4.69) is 15.5 Å². The van der Waals surface area contributed by atoms with Crippen molar-refractivity contribution in [3.05, 3.63) is 60.2 Å². The van der Waals surface area contributed by atoms with Crippen molar-refractivity contribution in [2.24, 2.45) is 0 Å². The van der Waals surface area contributed by atoms with Gasteiger partial charge in [0.15, 0.2) is 6.10 Å². The summed E-state index contributed by atoms with van der Waals surface area (Å²) in [5.74, 6) is -1.41. The number of rotatable bonds is 8. The van der Waals surface area contributed by atoms with Gasteiger partial charge in [0.2, 0.25) is 5.91 Å². The number of anilines is 2. The van der Waals surface area contributed by atoms with Gasteiger partial charge in [-0.15, -0.1) is 0 Å². The van der Waals surface area contributed by atoms with Gasteiger partial charge in [0.25, 0.3) is 5.91 Å². The van der Waals surface area contributed by atoms with Gasteiger partial charge in [-0.1, -0.05) is 30.3 Å². The zero-order valence-electron chi connectivity index (χ0n) is 17.5. The Kier molecular flexibility index (Phi) is 8.00. The molecule has 1 atom stereocenters. The summed E-state index contributed by atoms with van der Waals surface area (Å²) in [5.41, 5.74) is 2.52. The van der Waals surface area contributed by atoms with Crippen LogP contribution in [0.4, 0.5) is 11.4 Å². The van der Waals surface area contributed by atoms with Crippen molar-refractivity contribution in [2.75, 3.05) is 43.1 Å². The number of amides is 2. The third-order valence-corrected chi connectivity index (χ3v) is 4.83. The van der Waals surface area contributed by atoms with E-state index in [4.69, 9.17) is 9.47 Å². The third kappa shape index (κ3) is 7.11. The van der Waals surface area contributed by atoms with Gasteiger partial charge < -0.3 is 25.0 Å². The maximum absolute atomic E-state index is 12.3. The molecule has 0 aromatic heterocycles. The van der Waals surface area contributed by atoms with E-state index in [9.17, 15) is 14.4 Å². The number of morpholine rings is 1. The summed E-state index contributed by atoms with van der Waals surface area (Å²) in [4.78, 5) is 38.4. The lowest BCUT2D eigenvalue weighted by Gasteiger charge is -2.28. The zero-order chi connectivity index (χ0) is 22.1. The molecule has 8 nitrogen and oxygen atoms in total. The van der Waals surface area contributed by atoms with Crippen LogP contribution in [0.5, 0.6) is 0 Å². The number of nitrogens with zero attached hydrogens (tertiary/aromatic N) is 1. The monoisotopic (exact) mass is 425 g/mol. The van der Waals surface area contributed by atoms with E-state index in [1.54, 1.807) is 12.1 Å². The molecule has 1 saturated heterocycles. The largest absolute Gasteiger partial charge is 0.451 e. The molecule has 0 aliphatic carbocycles. The minimum atomic E-state index is -0.988. The van der Waals surface area contributed by atoms with E-state index in [1.807, 2.05) is 42.5 Å². The van der Waals surface area contributed by atoms with Crippen LogP contribution >= 0.6 is 0 Å². The van der Waals surface area contributed by atoms with Crippen LogP contribution in [0, 0.1) is 0 Å². The lowest BCUT2D eigenvalue weighted by atomic mass is 10.1. The van der Waals surface area contributed by atoms with Crippen LogP contribution in [0.25, 0.3) is 0 Å². The molecule has 1 heterocycles. The maximum Gasteiger partial charge on any atom is 0.326 e. The Morgan fingerprint density at radius 1 is 1.03 bits per heavy atom. The summed E-state index contributed by atoms with van der Waals surface area (Å²) in [5, 5.41) is 5.23. The number of hydrogen-bond acceptors (Lipinski definition) is 6. The maximum atomic E-state index is 12.3. The van der Waals surface area contributed by atoms with Gasteiger partial charge in [-0.2, -0.15) is 0 Å². The second-order valence-corrected chi connectivity index (χ2v) is 7.21. The van der Waals surface area contributed by atoms with E-state index in [0.29, 0.717) is 18.9 Å². The minimum absolute atomic E-state index is 0.171. The van der Waals surface area contributed by atoms with Crippen LogP contribution in [0.15, 0.2) is 54.6 Å². The van der Waals surface area contributed by atoms with E-state index in [1.165, 1.54) is 6.92 Å². The molecule has 2 N–H and O–H groups in total. The molecule has 0 radical (unpaired) electrons. The Hall–Kier alpha value is -3.39. The predicted molar refractivity (Wildman–Crippen MR) is 117 cm³/mol. The highest BCUT2D eigenvalue weighted by Gasteiger charge is 2.19. The van der Waals surface area contributed by atoms with E-state index in [0.717, 1.165) is 24.3 Å². The molecular weight excluding hydrogens is 398 g/mol. The van der Waals surface area contributed by atoms with Crippen molar-refractivity contribution in [2.45, 2.75) is 19.4 Å². The van der Waals surface area contributed by atoms with Crippen molar-refractivity contribution in [3.8, 4) is 0 Å². The molecule has 2 aromatic carbocycles. The summed E-state index contributed by atoms with van der Waals surface area (Å²) in [6.07, 6.45) is -0.817. The molecule has 1 fully saturated rings. The smallest absolute Gasteiger partial charge is 0.326 e. The number of hydrogen-bond donors (Lipinski definition) is 2. The van der Waals surface area contributed by atoms with Gasteiger partial charge in [0.05, 0.1) is 19.6 Å². The molecule has 1 unspecified atom stereocenters. The molecule has 1 aliphatic rings. The Morgan fingerprint density at radius 3 is 2.39 bits per heavy atom. The summed E-state index contributed by atoms with van der Waals surface area (Å²) in [6, 6.07) is 16.7. The van der Waals surface area contributed by atoms with E-state index in [-0.39, 0.29) is 18.9 Å². The average molecular weight is 425 g/mol. The zero-order valence-corrected chi connectivity index (χ0v) is 17.5.